The van der Waals surface area contributed by atoms with Crippen molar-refractivity contribution in [2.24, 2.45) is 0 Å². The highest BCUT2D eigenvalue weighted by molar-refractivity contribution is 5.90. The zero-order chi connectivity index (χ0) is 15.1. The monoisotopic (exact) mass is 292 g/mol. The van der Waals surface area contributed by atoms with Gasteiger partial charge in [-0.05, 0) is 37.1 Å². The predicted octanol–water partition coefficient (Wildman–Crippen LogP) is 0.859. The van der Waals surface area contributed by atoms with Gasteiger partial charge >= 0.3 is 0 Å². The number of hydrogen-bond donors (Lipinski definition) is 2. The van der Waals surface area contributed by atoms with Crippen molar-refractivity contribution >= 4 is 11.8 Å². The number of ether oxygens (including phenoxy) is 2. The van der Waals surface area contributed by atoms with Crippen LogP contribution in [0.3, 0.4) is 0 Å². The maximum atomic E-state index is 11.7. The van der Waals surface area contributed by atoms with E-state index < -0.39 is 0 Å². The SMILES string of the molecule is COc1ccc(OCCCNC(=O)[C@@H]2CCC(=O)N2)cc1. The van der Waals surface area contributed by atoms with Gasteiger partial charge in [-0.25, -0.2) is 0 Å². The Balaban J connectivity index is 1.59. The van der Waals surface area contributed by atoms with Gasteiger partial charge in [-0.1, -0.05) is 0 Å². The van der Waals surface area contributed by atoms with E-state index in [2.05, 4.69) is 10.6 Å². The number of rotatable bonds is 7. The van der Waals surface area contributed by atoms with Crippen LogP contribution in [0.5, 0.6) is 11.5 Å². The zero-order valence-electron chi connectivity index (χ0n) is 12.1. The van der Waals surface area contributed by atoms with Gasteiger partial charge < -0.3 is 20.1 Å². The fourth-order valence-corrected chi connectivity index (χ4v) is 2.08. The summed E-state index contributed by atoms with van der Waals surface area (Å²) < 4.78 is 10.6. The van der Waals surface area contributed by atoms with Crippen LogP contribution in [0.15, 0.2) is 24.3 Å². The van der Waals surface area contributed by atoms with Crippen LogP contribution in [0.4, 0.5) is 0 Å². The molecule has 2 N–H and O–H groups in total. The molecule has 0 saturated carbocycles. The molecule has 0 spiro atoms. The molecule has 1 heterocycles. The number of hydrogen-bond acceptors (Lipinski definition) is 4. The van der Waals surface area contributed by atoms with Crippen LogP contribution in [-0.4, -0.2) is 38.1 Å². The van der Waals surface area contributed by atoms with Crippen LogP contribution in [0.25, 0.3) is 0 Å². The molecule has 21 heavy (non-hydrogen) atoms. The molecule has 1 aromatic rings. The number of carbonyl (C=O) groups excluding carboxylic acids is 2. The molecular weight excluding hydrogens is 272 g/mol. The van der Waals surface area contributed by atoms with Gasteiger partial charge in [-0.2, -0.15) is 0 Å². The van der Waals surface area contributed by atoms with E-state index in [4.69, 9.17) is 9.47 Å². The van der Waals surface area contributed by atoms with Crippen LogP contribution in [-0.2, 0) is 9.59 Å². The Kier molecular flexibility index (Phi) is 5.43. The van der Waals surface area contributed by atoms with Gasteiger partial charge in [0.15, 0.2) is 0 Å². The number of carbonyl (C=O) groups is 2. The minimum absolute atomic E-state index is 0.0574. The topological polar surface area (TPSA) is 76.7 Å². The second-order valence-electron chi connectivity index (χ2n) is 4.83. The van der Waals surface area contributed by atoms with Crippen LogP contribution in [0, 0.1) is 0 Å². The largest absolute Gasteiger partial charge is 0.497 e. The van der Waals surface area contributed by atoms with Crippen molar-refractivity contribution in [3.05, 3.63) is 24.3 Å². The molecule has 1 saturated heterocycles. The quantitative estimate of drug-likeness (QED) is 0.731. The molecule has 2 amide bonds. The summed E-state index contributed by atoms with van der Waals surface area (Å²) in [5.74, 6) is 1.38. The number of nitrogens with one attached hydrogen (secondary N) is 2. The molecule has 1 fully saturated rings. The van der Waals surface area contributed by atoms with E-state index in [9.17, 15) is 9.59 Å². The zero-order valence-corrected chi connectivity index (χ0v) is 12.1. The molecule has 114 valence electrons. The van der Waals surface area contributed by atoms with Crippen molar-refractivity contribution in [3.8, 4) is 11.5 Å². The Morgan fingerprint density at radius 2 is 2.05 bits per heavy atom. The average Bonchev–Trinajstić information content (AvgIpc) is 2.94. The molecule has 1 aliphatic rings. The third kappa shape index (κ3) is 4.66. The molecule has 0 bridgehead atoms. The number of amides is 2. The Hall–Kier alpha value is -2.24. The molecule has 1 atom stereocenters. The summed E-state index contributed by atoms with van der Waals surface area (Å²) in [5, 5.41) is 5.43. The van der Waals surface area contributed by atoms with Gasteiger partial charge in [0.1, 0.15) is 17.5 Å². The lowest BCUT2D eigenvalue weighted by Gasteiger charge is -2.11. The molecule has 0 aliphatic carbocycles. The third-order valence-electron chi connectivity index (χ3n) is 3.26. The van der Waals surface area contributed by atoms with Crippen LogP contribution >= 0.6 is 0 Å². The summed E-state index contributed by atoms with van der Waals surface area (Å²) >= 11 is 0. The average molecular weight is 292 g/mol. The normalized spacial score (nSPS) is 17.2. The van der Waals surface area contributed by atoms with Crippen molar-refractivity contribution in [2.45, 2.75) is 25.3 Å². The Labute approximate surface area is 123 Å². The maximum Gasteiger partial charge on any atom is 0.242 e. The van der Waals surface area contributed by atoms with Crippen molar-refractivity contribution in [2.75, 3.05) is 20.3 Å². The lowest BCUT2D eigenvalue weighted by Crippen LogP contribution is -2.42. The summed E-state index contributed by atoms with van der Waals surface area (Å²) in [6.45, 7) is 1.05. The minimum atomic E-state index is -0.375. The molecule has 0 aromatic heterocycles. The highest BCUT2D eigenvalue weighted by atomic mass is 16.5. The third-order valence-corrected chi connectivity index (χ3v) is 3.26. The van der Waals surface area contributed by atoms with Crippen LogP contribution in [0.1, 0.15) is 19.3 Å². The standard InChI is InChI=1S/C15H20N2O4/c1-20-11-3-5-12(6-4-11)21-10-2-9-16-15(19)13-7-8-14(18)17-13/h3-6,13H,2,7-10H2,1H3,(H,16,19)(H,17,18)/t13-/m0/s1. The van der Waals surface area contributed by atoms with Crippen molar-refractivity contribution in [1.29, 1.82) is 0 Å². The van der Waals surface area contributed by atoms with Gasteiger partial charge in [0.05, 0.1) is 13.7 Å². The maximum absolute atomic E-state index is 11.7. The van der Waals surface area contributed by atoms with E-state index >= 15 is 0 Å². The molecule has 2 rings (SSSR count). The van der Waals surface area contributed by atoms with E-state index in [0.29, 0.717) is 32.4 Å². The molecule has 0 unspecified atom stereocenters. The van der Waals surface area contributed by atoms with Crippen LogP contribution < -0.4 is 20.1 Å². The first-order valence-corrected chi connectivity index (χ1v) is 7.03. The second kappa shape index (κ2) is 7.52. The first-order valence-electron chi connectivity index (χ1n) is 7.03. The van der Waals surface area contributed by atoms with Gasteiger partial charge in [-0.15, -0.1) is 0 Å². The van der Waals surface area contributed by atoms with Crippen molar-refractivity contribution in [3.63, 3.8) is 0 Å². The minimum Gasteiger partial charge on any atom is -0.497 e. The van der Waals surface area contributed by atoms with E-state index in [1.165, 1.54) is 0 Å². The molecule has 1 aliphatic heterocycles. The van der Waals surface area contributed by atoms with Crippen molar-refractivity contribution in [1.82, 2.24) is 10.6 Å². The van der Waals surface area contributed by atoms with Gasteiger partial charge in [0.25, 0.3) is 0 Å². The summed E-state index contributed by atoms with van der Waals surface area (Å²) in [6.07, 6.45) is 1.71. The van der Waals surface area contributed by atoms with E-state index in [0.717, 1.165) is 11.5 Å². The molecule has 0 radical (unpaired) electrons. The summed E-state index contributed by atoms with van der Waals surface area (Å²) in [4.78, 5) is 22.7. The van der Waals surface area contributed by atoms with E-state index in [1.807, 2.05) is 24.3 Å². The first-order chi connectivity index (χ1) is 10.2. The van der Waals surface area contributed by atoms with Gasteiger partial charge in [0.2, 0.25) is 11.8 Å². The van der Waals surface area contributed by atoms with E-state index in [-0.39, 0.29) is 17.9 Å². The highest BCUT2D eigenvalue weighted by Gasteiger charge is 2.26. The lowest BCUT2D eigenvalue weighted by atomic mass is 10.2. The summed E-state index contributed by atoms with van der Waals surface area (Å²) in [5.41, 5.74) is 0. The Bertz CT molecular complexity index is 487. The molecule has 6 heteroatoms. The second-order valence-corrected chi connectivity index (χ2v) is 4.83. The Morgan fingerprint density at radius 3 is 2.67 bits per heavy atom. The molecular formula is C15H20N2O4. The lowest BCUT2D eigenvalue weighted by molar-refractivity contribution is -0.125. The summed E-state index contributed by atoms with van der Waals surface area (Å²) in [7, 11) is 1.62. The molecule has 6 nitrogen and oxygen atoms in total. The Morgan fingerprint density at radius 1 is 1.33 bits per heavy atom. The van der Waals surface area contributed by atoms with Crippen molar-refractivity contribution < 1.29 is 19.1 Å². The highest BCUT2D eigenvalue weighted by Crippen LogP contribution is 2.16. The fourth-order valence-electron chi connectivity index (χ4n) is 2.08. The number of methoxy groups -OCH3 is 1. The van der Waals surface area contributed by atoms with Crippen LogP contribution in [0.2, 0.25) is 0 Å². The number of benzene rings is 1. The predicted molar refractivity (Wildman–Crippen MR) is 77.3 cm³/mol. The fraction of sp³-hybridized carbons (Fsp3) is 0.467. The molecule has 1 aromatic carbocycles. The summed E-state index contributed by atoms with van der Waals surface area (Å²) in [6, 6.07) is 6.97. The van der Waals surface area contributed by atoms with Gasteiger partial charge in [0, 0.05) is 13.0 Å². The first kappa shape index (κ1) is 15.2. The van der Waals surface area contributed by atoms with Gasteiger partial charge in [-0.3, -0.25) is 9.59 Å². The smallest absolute Gasteiger partial charge is 0.242 e. The van der Waals surface area contributed by atoms with E-state index in [1.54, 1.807) is 7.11 Å².